The Bertz CT molecular complexity index is 1650. The van der Waals surface area contributed by atoms with Crippen molar-refractivity contribution in [2.24, 2.45) is 0 Å². The predicted octanol–water partition coefficient (Wildman–Crippen LogP) is 4.25. The first-order chi connectivity index (χ1) is 16.0. The molecule has 0 spiro atoms. The number of aryl methyl sites for hydroxylation is 3. The van der Waals surface area contributed by atoms with Gasteiger partial charge in [-0.1, -0.05) is 35.4 Å². The second-order valence-corrected chi connectivity index (χ2v) is 10.8. The molecule has 1 aromatic heterocycles. The van der Waals surface area contributed by atoms with E-state index in [1.165, 1.54) is 42.5 Å². The summed E-state index contributed by atoms with van der Waals surface area (Å²) in [6.07, 6.45) is 0. The van der Waals surface area contributed by atoms with Gasteiger partial charge in [0.25, 0.3) is 0 Å². The van der Waals surface area contributed by atoms with Crippen LogP contribution in [0.4, 0.5) is 0 Å². The molecule has 0 saturated heterocycles. The molecule has 4 aromatic rings. The molecule has 0 N–H and O–H groups in total. The monoisotopic (exact) mass is 500 g/mol. The van der Waals surface area contributed by atoms with Crippen molar-refractivity contribution in [2.75, 3.05) is 0 Å². The average molecular weight is 501 g/mol. The minimum atomic E-state index is -4.43. The van der Waals surface area contributed by atoms with Crippen molar-refractivity contribution in [3.05, 3.63) is 93.8 Å². The van der Waals surface area contributed by atoms with Crippen LogP contribution >= 0.6 is 0 Å². The summed E-state index contributed by atoms with van der Waals surface area (Å²) < 4.78 is 67.6. The predicted molar refractivity (Wildman–Crippen MR) is 125 cm³/mol. The Morgan fingerprint density at radius 2 is 1.18 bits per heavy atom. The van der Waals surface area contributed by atoms with Crippen molar-refractivity contribution in [3.63, 3.8) is 0 Å². The zero-order valence-electron chi connectivity index (χ0n) is 18.4. The van der Waals surface area contributed by atoms with Crippen molar-refractivity contribution in [1.29, 1.82) is 0 Å². The molecular weight excluding hydrogens is 480 g/mol. The number of rotatable bonds is 6. The first-order valence-corrected chi connectivity index (χ1v) is 12.9. The summed E-state index contributed by atoms with van der Waals surface area (Å²) in [6, 6.07) is 15.7. The van der Waals surface area contributed by atoms with E-state index in [0.717, 1.165) is 11.1 Å². The van der Waals surface area contributed by atoms with Crippen LogP contribution in [-0.4, -0.2) is 16.8 Å². The third kappa shape index (κ3) is 4.68. The highest BCUT2D eigenvalue weighted by Crippen LogP contribution is 2.39. The van der Waals surface area contributed by atoms with Gasteiger partial charge in [-0.3, -0.25) is 0 Å². The molecule has 3 aromatic carbocycles. The minimum Gasteiger partial charge on any atom is -0.418 e. The van der Waals surface area contributed by atoms with Crippen molar-refractivity contribution >= 4 is 31.2 Å². The van der Waals surface area contributed by atoms with Crippen LogP contribution in [0, 0.1) is 20.8 Å². The molecule has 0 radical (unpaired) electrons. The van der Waals surface area contributed by atoms with Gasteiger partial charge in [-0.25, -0.2) is 4.79 Å². The van der Waals surface area contributed by atoms with Crippen molar-refractivity contribution in [2.45, 2.75) is 30.6 Å². The van der Waals surface area contributed by atoms with E-state index < -0.39 is 37.4 Å². The molecule has 0 unspecified atom stereocenters. The molecule has 0 fully saturated rings. The van der Waals surface area contributed by atoms with Gasteiger partial charge < -0.3 is 12.8 Å². The zero-order chi connectivity index (χ0) is 24.7. The Morgan fingerprint density at radius 1 is 0.676 bits per heavy atom. The molecule has 34 heavy (non-hydrogen) atoms. The molecule has 10 heteroatoms. The van der Waals surface area contributed by atoms with Crippen LogP contribution in [0.3, 0.4) is 0 Å². The molecule has 0 saturated carbocycles. The summed E-state index contributed by atoms with van der Waals surface area (Å²) in [5.74, 6) is -0.993. The summed E-state index contributed by atoms with van der Waals surface area (Å²) in [6.45, 7) is 5.22. The molecule has 0 aliphatic rings. The maximum atomic E-state index is 13.0. The minimum absolute atomic E-state index is 0.142. The fourth-order valence-electron chi connectivity index (χ4n) is 3.22. The second kappa shape index (κ2) is 8.62. The highest BCUT2D eigenvalue weighted by Gasteiger charge is 2.27. The lowest BCUT2D eigenvalue weighted by Gasteiger charge is -2.15. The summed E-state index contributed by atoms with van der Waals surface area (Å²) in [5.41, 5.74) is 1.14. The maximum Gasteiger partial charge on any atom is 0.339 e. The van der Waals surface area contributed by atoms with Crippen LogP contribution in [0.15, 0.2) is 85.7 Å². The van der Waals surface area contributed by atoms with Gasteiger partial charge >= 0.3 is 25.9 Å². The summed E-state index contributed by atoms with van der Waals surface area (Å²) in [7, 11) is -8.79. The first kappa shape index (κ1) is 23.5. The molecule has 0 bridgehead atoms. The lowest BCUT2D eigenvalue weighted by molar-refractivity contribution is 0.443. The number of hydrogen-bond donors (Lipinski definition) is 0. The van der Waals surface area contributed by atoms with Gasteiger partial charge in [0, 0.05) is 11.5 Å². The zero-order valence-corrected chi connectivity index (χ0v) is 20.1. The summed E-state index contributed by atoms with van der Waals surface area (Å²) >= 11 is 0. The summed E-state index contributed by atoms with van der Waals surface area (Å²) in [5, 5.41) is 0.355. The Morgan fingerprint density at radius 3 is 1.71 bits per heavy atom. The average Bonchev–Trinajstić information content (AvgIpc) is 2.76. The van der Waals surface area contributed by atoms with Gasteiger partial charge in [-0.05, 0) is 62.7 Å². The molecular formula is C24H20O8S2. The van der Waals surface area contributed by atoms with Crippen LogP contribution in [0.1, 0.15) is 16.7 Å². The fourth-order valence-corrected chi connectivity index (χ4v) is 5.10. The highest BCUT2D eigenvalue weighted by atomic mass is 32.2. The van der Waals surface area contributed by atoms with E-state index in [2.05, 4.69) is 0 Å². The Hall–Kier alpha value is -3.63. The van der Waals surface area contributed by atoms with Crippen LogP contribution in [-0.2, 0) is 20.2 Å². The van der Waals surface area contributed by atoms with Crippen LogP contribution in [0.25, 0.3) is 11.0 Å². The van der Waals surface area contributed by atoms with Crippen molar-refractivity contribution in [3.8, 4) is 11.5 Å². The number of fused-ring (bicyclic) bond motifs is 1. The lowest BCUT2D eigenvalue weighted by atomic mass is 10.1. The van der Waals surface area contributed by atoms with E-state index in [1.54, 1.807) is 45.0 Å². The smallest absolute Gasteiger partial charge is 0.339 e. The van der Waals surface area contributed by atoms with Gasteiger partial charge in [0.1, 0.15) is 9.79 Å². The largest absolute Gasteiger partial charge is 0.418 e. The van der Waals surface area contributed by atoms with Crippen LogP contribution in [0.5, 0.6) is 11.5 Å². The van der Waals surface area contributed by atoms with Gasteiger partial charge in [0.15, 0.2) is 11.3 Å². The standard InChI is InChI=1S/C24H20O8S2/c1-15-4-8-18(9-5-15)33(26,27)31-21-13-12-20-17(3)14-22(25)30-23(20)24(21)32-34(28,29)19-10-6-16(2)7-11-19/h4-14H,1-3H3. The third-order valence-electron chi connectivity index (χ3n) is 5.05. The lowest BCUT2D eigenvalue weighted by Crippen LogP contribution is -2.14. The molecule has 8 nitrogen and oxygen atoms in total. The van der Waals surface area contributed by atoms with E-state index >= 15 is 0 Å². The van der Waals surface area contributed by atoms with Gasteiger partial charge in [0.2, 0.25) is 5.75 Å². The molecule has 0 amide bonds. The van der Waals surface area contributed by atoms with Gasteiger partial charge in [-0.2, -0.15) is 16.8 Å². The molecule has 0 aliphatic carbocycles. The van der Waals surface area contributed by atoms with E-state index in [-0.39, 0.29) is 15.4 Å². The Balaban J connectivity index is 1.89. The van der Waals surface area contributed by atoms with E-state index in [4.69, 9.17) is 12.8 Å². The van der Waals surface area contributed by atoms with E-state index in [1.807, 2.05) is 0 Å². The topological polar surface area (TPSA) is 117 Å². The second-order valence-electron chi connectivity index (χ2n) is 7.72. The van der Waals surface area contributed by atoms with Gasteiger partial charge in [-0.15, -0.1) is 0 Å². The highest BCUT2D eigenvalue weighted by molar-refractivity contribution is 7.87. The Kier molecular flexibility index (Phi) is 5.96. The fraction of sp³-hybridized carbons (Fsp3) is 0.125. The van der Waals surface area contributed by atoms with Gasteiger partial charge in [0.05, 0.1) is 0 Å². The van der Waals surface area contributed by atoms with Crippen LogP contribution in [0.2, 0.25) is 0 Å². The molecule has 0 atom stereocenters. The molecule has 176 valence electrons. The van der Waals surface area contributed by atoms with Crippen molar-refractivity contribution in [1.82, 2.24) is 0 Å². The first-order valence-electron chi connectivity index (χ1n) is 10.1. The normalized spacial score (nSPS) is 12.0. The SMILES string of the molecule is Cc1ccc(S(=O)(=O)Oc2ccc3c(C)cc(=O)oc3c2OS(=O)(=O)c2ccc(C)cc2)cc1. The molecule has 1 heterocycles. The van der Waals surface area contributed by atoms with Crippen molar-refractivity contribution < 1.29 is 29.6 Å². The quantitative estimate of drug-likeness (QED) is 0.285. The van der Waals surface area contributed by atoms with E-state index in [0.29, 0.717) is 10.9 Å². The number of hydrogen-bond acceptors (Lipinski definition) is 8. The summed E-state index contributed by atoms with van der Waals surface area (Å²) in [4.78, 5) is 11.7. The van der Waals surface area contributed by atoms with E-state index in [9.17, 15) is 21.6 Å². The third-order valence-corrected chi connectivity index (χ3v) is 7.53. The number of benzene rings is 3. The maximum absolute atomic E-state index is 13.0. The Labute approximate surface area is 196 Å². The molecule has 0 aliphatic heterocycles. The van der Waals surface area contributed by atoms with Crippen LogP contribution < -0.4 is 14.0 Å². The molecule has 4 rings (SSSR count).